The molecule has 4 heterocycles. The minimum Gasteiger partial charge on any atom is -0.490 e. The zero-order valence-corrected chi connectivity index (χ0v) is 34.1. The minimum atomic E-state index is -0.655. The third-order valence-electron chi connectivity index (χ3n) is 10.4. The van der Waals surface area contributed by atoms with Crippen LogP contribution in [-0.4, -0.2) is 90.9 Å². The van der Waals surface area contributed by atoms with Gasteiger partial charge in [-0.05, 0) is 125 Å². The van der Waals surface area contributed by atoms with Crippen molar-refractivity contribution in [1.82, 2.24) is 29.2 Å². The number of piperidine rings is 2. The van der Waals surface area contributed by atoms with E-state index >= 15 is 0 Å². The summed E-state index contributed by atoms with van der Waals surface area (Å²) < 4.78 is 41.1. The number of nitro groups is 1. The van der Waals surface area contributed by atoms with E-state index in [-0.39, 0.29) is 29.4 Å². The highest BCUT2D eigenvalue weighted by Gasteiger charge is 2.25. The molecule has 0 spiro atoms. The molecule has 2 aliphatic heterocycles. The fraction of sp³-hybridized carbons (Fsp3) is 0.310. The molecule has 0 aliphatic carbocycles. The lowest BCUT2D eigenvalue weighted by Gasteiger charge is -2.32. The number of hydrogen-bond donors (Lipinski definition) is 3. The van der Waals surface area contributed by atoms with Crippen molar-refractivity contribution in [1.29, 1.82) is 0 Å². The Bertz CT molecular complexity index is 2360. The van der Waals surface area contributed by atoms with Crippen LogP contribution >= 0.6 is 11.8 Å². The van der Waals surface area contributed by atoms with E-state index in [1.165, 1.54) is 36.0 Å². The van der Waals surface area contributed by atoms with Crippen molar-refractivity contribution in [2.75, 3.05) is 43.5 Å². The normalized spacial score (nSPS) is 15.3. The van der Waals surface area contributed by atoms with Crippen molar-refractivity contribution >= 4 is 52.9 Å². The summed E-state index contributed by atoms with van der Waals surface area (Å²) in [5.74, 6) is 0.931. The summed E-state index contributed by atoms with van der Waals surface area (Å²) >= 11 is 1.54. The van der Waals surface area contributed by atoms with Gasteiger partial charge in [0.05, 0.1) is 22.0 Å². The number of nitrogens with one attached hydrogen (secondary N) is 1. The van der Waals surface area contributed by atoms with Crippen molar-refractivity contribution in [3.8, 4) is 17.2 Å². The van der Waals surface area contributed by atoms with Crippen molar-refractivity contribution in [3.05, 3.63) is 125 Å². The first kappa shape index (κ1) is 42.3. The Balaban J connectivity index is 0.000000186. The lowest BCUT2D eigenvalue weighted by atomic mass is 9.82. The third kappa shape index (κ3) is 10.9. The molecular weight excluding hydrogens is 791 g/mol. The summed E-state index contributed by atoms with van der Waals surface area (Å²) in [4.78, 5) is 27.5. The Morgan fingerprint density at radius 1 is 0.883 bits per heavy atom. The van der Waals surface area contributed by atoms with Crippen molar-refractivity contribution in [3.63, 3.8) is 0 Å². The van der Waals surface area contributed by atoms with Crippen molar-refractivity contribution in [2.24, 2.45) is 0 Å². The Kier molecular flexibility index (Phi) is 13.8. The molecule has 18 heteroatoms. The van der Waals surface area contributed by atoms with Gasteiger partial charge in [-0.15, -0.1) is 0 Å². The van der Waals surface area contributed by atoms with Gasteiger partial charge in [-0.25, -0.2) is 23.7 Å². The molecule has 2 aliphatic rings. The highest BCUT2D eigenvalue weighted by molar-refractivity contribution is 7.98. The average Bonchev–Trinajstić information content (AvgIpc) is 3.62. The van der Waals surface area contributed by atoms with Crippen LogP contribution in [0.4, 0.5) is 31.8 Å². The van der Waals surface area contributed by atoms with Crippen LogP contribution in [0, 0.1) is 21.7 Å². The fourth-order valence-corrected chi connectivity index (χ4v) is 7.84. The monoisotopic (exact) mass is 837 g/mol. The number of imidazole rings is 1. The van der Waals surface area contributed by atoms with Crippen LogP contribution in [0.25, 0.3) is 16.7 Å². The van der Waals surface area contributed by atoms with E-state index in [2.05, 4.69) is 25.2 Å². The molecule has 0 bridgehead atoms. The number of nitrogens with zero attached hydrogens (tertiary/aromatic N) is 7. The van der Waals surface area contributed by atoms with Gasteiger partial charge in [0.15, 0.2) is 5.16 Å². The Morgan fingerprint density at radius 2 is 1.47 bits per heavy atom. The van der Waals surface area contributed by atoms with E-state index in [0.29, 0.717) is 22.9 Å². The van der Waals surface area contributed by atoms with E-state index in [1.54, 1.807) is 49.5 Å². The van der Waals surface area contributed by atoms with Gasteiger partial charge in [0.1, 0.15) is 41.0 Å². The lowest BCUT2D eigenvalue weighted by molar-refractivity contribution is -0.384. The number of nitrogen functional groups attached to an aromatic ring is 1. The Labute approximate surface area is 351 Å². The van der Waals surface area contributed by atoms with Gasteiger partial charge < -0.3 is 30.4 Å². The highest BCUT2D eigenvalue weighted by Crippen LogP contribution is 2.31. The van der Waals surface area contributed by atoms with Gasteiger partial charge in [0.25, 0.3) is 5.69 Å². The topological polar surface area (TPSA) is 170 Å². The molecule has 4 aromatic carbocycles. The SMILES string of the molecule is CB(O)N1CCC(Oc2ccc(Nc3ccc(F)cc3[N+](=O)[O-])cc2)CC1.CSc1nc2cc(F)ccc2n1-c1ccc(OC2CCN(Cc3cnc(N)nc3)CC2)cc1. The largest absolute Gasteiger partial charge is 0.490 e. The number of nitro benzene ring substituents is 1. The molecule has 14 nitrogen and oxygen atoms in total. The molecule has 4 N–H and O–H groups in total. The van der Waals surface area contributed by atoms with Crippen LogP contribution in [0.15, 0.2) is 102 Å². The Morgan fingerprint density at radius 3 is 2.07 bits per heavy atom. The van der Waals surface area contributed by atoms with Crippen LogP contribution in [0.5, 0.6) is 11.5 Å². The molecule has 2 aromatic heterocycles. The summed E-state index contributed by atoms with van der Waals surface area (Å²) in [5.41, 5.74) is 9.68. The average molecular weight is 838 g/mol. The lowest BCUT2D eigenvalue weighted by Crippen LogP contribution is -2.45. The molecule has 0 atom stereocenters. The van der Waals surface area contributed by atoms with Crippen LogP contribution in [0.1, 0.15) is 31.2 Å². The number of nitrogens with two attached hydrogens (primary N) is 1. The number of hydrogen-bond acceptors (Lipinski definition) is 13. The molecule has 312 valence electrons. The number of ether oxygens (including phenoxy) is 2. The van der Waals surface area contributed by atoms with Crippen LogP contribution in [0.3, 0.4) is 0 Å². The molecule has 6 aromatic rings. The number of likely N-dealkylation sites (tertiary alicyclic amines) is 1. The molecule has 0 amide bonds. The van der Waals surface area contributed by atoms with Gasteiger partial charge in [0.2, 0.25) is 5.95 Å². The van der Waals surface area contributed by atoms with Gasteiger partial charge in [-0.1, -0.05) is 11.8 Å². The fourth-order valence-electron chi connectivity index (χ4n) is 7.27. The van der Waals surface area contributed by atoms with E-state index in [1.807, 2.05) is 39.9 Å². The van der Waals surface area contributed by atoms with E-state index in [0.717, 1.165) is 92.1 Å². The maximum Gasteiger partial charge on any atom is 0.376 e. The summed E-state index contributed by atoms with van der Waals surface area (Å²) in [7, 11) is -0.438. The minimum absolute atomic E-state index is 0.0944. The summed E-state index contributed by atoms with van der Waals surface area (Å²) in [6.07, 6.45) is 9.43. The van der Waals surface area contributed by atoms with E-state index in [4.69, 9.17) is 15.2 Å². The predicted molar refractivity (Wildman–Crippen MR) is 230 cm³/mol. The van der Waals surface area contributed by atoms with Crippen LogP contribution in [0.2, 0.25) is 6.82 Å². The molecule has 8 rings (SSSR count). The number of thioether (sulfide) groups is 1. The number of rotatable bonds is 12. The maximum atomic E-state index is 13.6. The third-order valence-corrected chi connectivity index (χ3v) is 11.1. The number of fused-ring (bicyclic) bond motifs is 1. The molecule has 2 fully saturated rings. The van der Waals surface area contributed by atoms with E-state index in [9.17, 15) is 23.9 Å². The molecular formula is C42H46BF2N9O5S. The quantitative estimate of drug-likeness (QED) is 0.0474. The van der Waals surface area contributed by atoms with Gasteiger partial charge in [-0.2, -0.15) is 0 Å². The van der Waals surface area contributed by atoms with Crippen molar-refractivity contribution < 1.29 is 28.2 Å². The van der Waals surface area contributed by atoms with E-state index < -0.39 is 17.8 Å². The summed E-state index contributed by atoms with van der Waals surface area (Å²) in [5, 5.41) is 24.4. The molecule has 0 saturated carbocycles. The first-order valence-electron chi connectivity index (χ1n) is 19.7. The molecule has 2 saturated heterocycles. The molecule has 60 heavy (non-hydrogen) atoms. The first-order valence-corrected chi connectivity index (χ1v) is 20.9. The van der Waals surface area contributed by atoms with Gasteiger partial charge >= 0.3 is 7.05 Å². The predicted octanol–water partition coefficient (Wildman–Crippen LogP) is 7.73. The van der Waals surface area contributed by atoms with Gasteiger partial charge in [-0.3, -0.25) is 19.6 Å². The first-order chi connectivity index (χ1) is 29.0. The highest BCUT2D eigenvalue weighted by atomic mass is 32.2. The van der Waals surface area contributed by atoms with Gasteiger partial charge in [0, 0.05) is 55.0 Å². The van der Waals surface area contributed by atoms with Crippen LogP contribution in [-0.2, 0) is 6.54 Å². The van der Waals surface area contributed by atoms with Crippen LogP contribution < -0.4 is 20.5 Å². The second kappa shape index (κ2) is 19.5. The summed E-state index contributed by atoms with van der Waals surface area (Å²) in [6.45, 7) is 6.08. The standard InChI is InChI=1S/C24H25FN6OS.C18H21BFN3O4/c1-33-24-29-21-12-17(25)2-7-22(21)31(24)18-3-5-19(6-4-18)32-20-8-10-30(11-9-20)15-16-13-27-23(26)28-14-16;1-19(24)22-10-8-16(9-11-22)27-15-5-3-14(4-6-15)21-17-7-2-13(20)12-18(17)23(25)26/h2-7,12-14,20H,8-11,15H2,1H3,(H2,26,27,28);2-7,12,16,21,24H,8-11H2,1H3. The molecule has 0 unspecified atom stereocenters. The molecule has 0 radical (unpaired) electrons. The second-order valence-electron chi connectivity index (χ2n) is 14.7. The number of benzene rings is 4. The zero-order valence-electron chi connectivity index (χ0n) is 33.3. The summed E-state index contributed by atoms with van der Waals surface area (Å²) in [6, 6.07) is 23.2. The number of aromatic nitrogens is 4. The Hall–Kier alpha value is -5.82. The zero-order chi connectivity index (χ0) is 42.2. The van der Waals surface area contributed by atoms with Crippen molar-refractivity contribution in [2.45, 2.75) is 56.4 Å². The number of anilines is 3. The number of halogens is 2. The smallest absolute Gasteiger partial charge is 0.376 e. The second-order valence-corrected chi connectivity index (χ2v) is 15.4. The maximum absolute atomic E-state index is 13.6.